The fraction of sp³-hybridized carbons (Fsp3) is 0.231. The molecule has 0 bridgehead atoms. The molecule has 23 heavy (non-hydrogen) atoms. The molecule has 124 valence electrons. The molecule has 0 aliphatic carbocycles. The number of ether oxygens (including phenoxy) is 1. The SMILES string of the molecule is CNC=C(C(=O)OC)C(=O)c1c(F)c(C)c(F)c(F)c1[N+](=O)[O-]. The maximum absolute atomic E-state index is 14.2. The maximum Gasteiger partial charge on any atom is 0.343 e. The van der Waals surface area contributed by atoms with Gasteiger partial charge in [-0.05, 0) is 6.92 Å². The largest absolute Gasteiger partial charge is 0.465 e. The number of hydrogen-bond donors (Lipinski definition) is 1. The number of esters is 1. The van der Waals surface area contributed by atoms with Gasteiger partial charge in [0.15, 0.2) is 5.82 Å². The average Bonchev–Trinajstić information content (AvgIpc) is 2.51. The standard InChI is InChI=1S/C13H11F3N2O5/c1-5-8(14)7(11(18(21)22)10(16)9(5)15)12(19)6(4-17-2)13(20)23-3/h4,17H,1-3H3. The molecule has 0 fully saturated rings. The number of rotatable bonds is 5. The minimum absolute atomic E-state index is 0.799. The summed E-state index contributed by atoms with van der Waals surface area (Å²) in [5.41, 5.74) is -4.80. The summed E-state index contributed by atoms with van der Waals surface area (Å²) in [4.78, 5) is 33.3. The van der Waals surface area contributed by atoms with E-state index in [1.165, 1.54) is 7.05 Å². The number of methoxy groups -OCH3 is 1. The number of hydrogen-bond acceptors (Lipinski definition) is 6. The van der Waals surface area contributed by atoms with E-state index in [1.54, 1.807) is 0 Å². The first-order valence-electron chi connectivity index (χ1n) is 6.00. The van der Waals surface area contributed by atoms with Crippen molar-refractivity contribution < 1.29 is 32.4 Å². The van der Waals surface area contributed by atoms with Gasteiger partial charge in [0, 0.05) is 18.8 Å². The third-order valence-electron chi connectivity index (χ3n) is 2.86. The molecule has 0 saturated carbocycles. The van der Waals surface area contributed by atoms with Crippen LogP contribution in [-0.2, 0) is 9.53 Å². The minimum atomic E-state index is -1.99. The van der Waals surface area contributed by atoms with Crippen molar-refractivity contribution in [1.29, 1.82) is 0 Å². The molecule has 0 saturated heterocycles. The lowest BCUT2D eigenvalue weighted by Crippen LogP contribution is -2.21. The van der Waals surface area contributed by atoms with Crippen LogP contribution < -0.4 is 5.32 Å². The van der Waals surface area contributed by atoms with Crippen LogP contribution in [0.2, 0.25) is 0 Å². The van der Waals surface area contributed by atoms with Gasteiger partial charge in [0.2, 0.25) is 11.6 Å². The molecule has 0 radical (unpaired) electrons. The van der Waals surface area contributed by atoms with Crippen LogP contribution >= 0.6 is 0 Å². The summed E-state index contributed by atoms with van der Waals surface area (Å²) in [5, 5.41) is 13.2. The summed E-state index contributed by atoms with van der Waals surface area (Å²) in [6, 6.07) is 0. The smallest absolute Gasteiger partial charge is 0.343 e. The number of nitrogens with zero attached hydrogens (tertiary/aromatic N) is 1. The fourth-order valence-electron chi connectivity index (χ4n) is 1.75. The molecule has 1 N–H and O–H groups in total. The molecular weight excluding hydrogens is 321 g/mol. The normalized spacial score (nSPS) is 11.1. The molecule has 0 aliphatic rings. The number of ketones is 1. The lowest BCUT2D eigenvalue weighted by Gasteiger charge is -2.10. The van der Waals surface area contributed by atoms with Crippen LogP contribution in [0, 0.1) is 34.5 Å². The Bertz CT molecular complexity index is 731. The van der Waals surface area contributed by atoms with E-state index in [2.05, 4.69) is 10.1 Å². The van der Waals surface area contributed by atoms with Crippen LogP contribution in [0.3, 0.4) is 0 Å². The molecule has 0 amide bonds. The Hall–Kier alpha value is -2.91. The lowest BCUT2D eigenvalue weighted by molar-refractivity contribution is -0.388. The van der Waals surface area contributed by atoms with Gasteiger partial charge in [0.25, 0.3) is 0 Å². The highest BCUT2D eigenvalue weighted by molar-refractivity contribution is 6.25. The van der Waals surface area contributed by atoms with Crippen molar-refractivity contribution >= 4 is 17.4 Å². The van der Waals surface area contributed by atoms with Gasteiger partial charge in [0.1, 0.15) is 17.0 Å². The van der Waals surface area contributed by atoms with Crippen LogP contribution in [0.4, 0.5) is 18.9 Å². The first kappa shape index (κ1) is 18.1. The molecule has 0 spiro atoms. The summed E-state index contributed by atoms with van der Waals surface area (Å²) in [6.07, 6.45) is 0.800. The predicted octanol–water partition coefficient (Wildman–Crippen LogP) is 1.78. The highest BCUT2D eigenvalue weighted by atomic mass is 19.2. The number of nitrogens with one attached hydrogen (secondary N) is 1. The third-order valence-corrected chi connectivity index (χ3v) is 2.86. The fourth-order valence-corrected chi connectivity index (χ4v) is 1.75. The van der Waals surface area contributed by atoms with Crippen molar-refractivity contribution in [3.8, 4) is 0 Å². The topological polar surface area (TPSA) is 98.5 Å². The zero-order chi connectivity index (χ0) is 17.9. The van der Waals surface area contributed by atoms with Gasteiger partial charge in [-0.1, -0.05) is 0 Å². The zero-order valence-corrected chi connectivity index (χ0v) is 12.2. The van der Waals surface area contributed by atoms with E-state index in [4.69, 9.17) is 0 Å². The molecule has 7 nitrogen and oxygen atoms in total. The summed E-state index contributed by atoms with van der Waals surface area (Å²) in [5.74, 6) is -8.17. The third kappa shape index (κ3) is 3.15. The van der Waals surface area contributed by atoms with E-state index in [-0.39, 0.29) is 0 Å². The molecule has 0 unspecified atom stereocenters. The van der Waals surface area contributed by atoms with Crippen LogP contribution in [0.25, 0.3) is 0 Å². The van der Waals surface area contributed by atoms with Crippen LogP contribution in [0.1, 0.15) is 15.9 Å². The number of halogens is 3. The molecule has 0 aliphatic heterocycles. The summed E-state index contributed by atoms with van der Waals surface area (Å²) in [7, 11) is 2.21. The van der Waals surface area contributed by atoms with E-state index in [9.17, 15) is 32.9 Å². The van der Waals surface area contributed by atoms with Gasteiger partial charge in [-0.2, -0.15) is 4.39 Å². The Morgan fingerprint density at radius 3 is 2.22 bits per heavy atom. The Kier molecular flexibility index (Phi) is 5.44. The van der Waals surface area contributed by atoms with Gasteiger partial charge in [-0.15, -0.1) is 0 Å². The lowest BCUT2D eigenvalue weighted by atomic mass is 9.98. The van der Waals surface area contributed by atoms with Crippen molar-refractivity contribution in [3.05, 3.63) is 50.5 Å². The Morgan fingerprint density at radius 2 is 1.78 bits per heavy atom. The van der Waals surface area contributed by atoms with Crippen LogP contribution in [0.5, 0.6) is 0 Å². The summed E-state index contributed by atoms with van der Waals surface area (Å²) >= 11 is 0. The number of benzene rings is 1. The molecule has 1 aromatic carbocycles. The number of carbonyl (C=O) groups excluding carboxylic acids is 2. The molecule has 1 rings (SSSR count). The van der Waals surface area contributed by atoms with Gasteiger partial charge in [-0.3, -0.25) is 14.9 Å². The van der Waals surface area contributed by atoms with Crippen molar-refractivity contribution in [2.75, 3.05) is 14.2 Å². The minimum Gasteiger partial charge on any atom is -0.465 e. The molecule has 0 aromatic heterocycles. The predicted molar refractivity (Wildman–Crippen MR) is 71.2 cm³/mol. The molecule has 1 aromatic rings. The van der Waals surface area contributed by atoms with E-state index < -0.39 is 56.5 Å². The highest BCUT2D eigenvalue weighted by Crippen LogP contribution is 2.32. The van der Waals surface area contributed by atoms with Crippen molar-refractivity contribution in [2.24, 2.45) is 0 Å². The maximum atomic E-state index is 14.2. The van der Waals surface area contributed by atoms with Gasteiger partial charge < -0.3 is 10.1 Å². The van der Waals surface area contributed by atoms with E-state index in [1.807, 2.05) is 0 Å². The number of Topliss-reactive ketones (excluding diaryl/α,β-unsaturated/α-hetero) is 1. The highest BCUT2D eigenvalue weighted by Gasteiger charge is 2.37. The zero-order valence-electron chi connectivity index (χ0n) is 12.2. The first-order chi connectivity index (χ1) is 10.7. The van der Waals surface area contributed by atoms with E-state index in [0.29, 0.717) is 0 Å². The number of nitro benzene ring substituents is 1. The van der Waals surface area contributed by atoms with Crippen molar-refractivity contribution in [2.45, 2.75) is 6.92 Å². The summed E-state index contributed by atoms with van der Waals surface area (Å²) < 4.78 is 45.7. The first-order valence-corrected chi connectivity index (χ1v) is 6.00. The summed E-state index contributed by atoms with van der Waals surface area (Å²) in [6.45, 7) is 0.799. The Labute approximate surface area is 127 Å². The Balaban J connectivity index is 3.77. The molecular formula is C13H11F3N2O5. The van der Waals surface area contributed by atoms with Crippen LogP contribution in [0.15, 0.2) is 11.8 Å². The Morgan fingerprint density at radius 1 is 1.22 bits per heavy atom. The van der Waals surface area contributed by atoms with Crippen molar-refractivity contribution in [3.63, 3.8) is 0 Å². The second kappa shape index (κ2) is 6.90. The quantitative estimate of drug-likeness (QED) is 0.129. The molecule has 0 heterocycles. The van der Waals surface area contributed by atoms with E-state index >= 15 is 0 Å². The van der Waals surface area contributed by atoms with Gasteiger partial charge in [-0.25, -0.2) is 13.6 Å². The molecule has 0 atom stereocenters. The van der Waals surface area contributed by atoms with E-state index in [0.717, 1.165) is 20.2 Å². The number of carbonyl (C=O) groups is 2. The monoisotopic (exact) mass is 332 g/mol. The van der Waals surface area contributed by atoms with Gasteiger partial charge >= 0.3 is 11.7 Å². The average molecular weight is 332 g/mol. The van der Waals surface area contributed by atoms with Crippen LogP contribution in [-0.4, -0.2) is 30.8 Å². The van der Waals surface area contributed by atoms with Gasteiger partial charge in [0.05, 0.1) is 12.0 Å². The second-order valence-corrected chi connectivity index (χ2v) is 4.22. The second-order valence-electron chi connectivity index (χ2n) is 4.22. The number of nitro groups is 1. The molecule has 10 heteroatoms. The van der Waals surface area contributed by atoms with Crippen molar-refractivity contribution in [1.82, 2.24) is 5.32 Å².